The quantitative estimate of drug-likeness (QED) is 0.770. The number of carbonyl (C=O) groups excluding carboxylic acids is 2. The van der Waals surface area contributed by atoms with Crippen molar-refractivity contribution < 1.29 is 19.1 Å². The lowest BCUT2D eigenvalue weighted by Gasteiger charge is -2.29. The third-order valence-corrected chi connectivity index (χ3v) is 4.22. The summed E-state index contributed by atoms with van der Waals surface area (Å²) in [5.41, 5.74) is 0.329. The van der Waals surface area contributed by atoms with Gasteiger partial charge in [-0.25, -0.2) is 0 Å². The average molecular weight is 305 g/mol. The lowest BCUT2D eigenvalue weighted by Crippen LogP contribution is -2.45. The molecule has 7 heteroatoms. The van der Waals surface area contributed by atoms with Crippen molar-refractivity contribution in [3.63, 3.8) is 0 Å². The standard InChI is InChI=1S/C15H19N3O4/c1-17-11-7-18(6-10(14(17)19)8-22-9-11)15(20)13-5-12(21-2)3-4-16-13/h3-5,10-11H,6-9H2,1-2H3/t10-,11+/m1/s1. The second kappa shape index (κ2) is 5.92. The van der Waals surface area contributed by atoms with Crippen molar-refractivity contribution in [3.05, 3.63) is 24.0 Å². The van der Waals surface area contributed by atoms with Gasteiger partial charge >= 0.3 is 0 Å². The molecule has 2 bridgehead atoms. The number of ether oxygens (including phenoxy) is 2. The van der Waals surface area contributed by atoms with Crippen molar-refractivity contribution in [2.45, 2.75) is 6.04 Å². The number of methoxy groups -OCH3 is 1. The molecule has 2 fully saturated rings. The zero-order valence-corrected chi connectivity index (χ0v) is 12.7. The SMILES string of the molecule is COc1ccnc(C(=O)N2C[C@@H]3COC[C@H](C2)N(C)C3=O)c1. The van der Waals surface area contributed by atoms with Crippen LogP contribution in [0.5, 0.6) is 5.75 Å². The van der Waals surface area contributed by atoms with Gasteiger partial charge in [-0.1, -0.05) is 0 Å². The Labute approximate surface area is 128 Å². The van der Waals surface area contributed by atoms with Crippen LogP contribution in [0.3, 0.4) is 0 Å². The van der Waals surface area contributed by atoms with Gasteiger partial charge in [0.2, 0.25) is 5.91 Å². The predicted octanol–water partition coefficient (Wildman–Crippen LogP) is 0.0194. The van der Waals surface area contributed by atoms with Gasteiger partial charge in [-0.05, 0) is 6.07 Å². The average Bonchev–Trinajstić information content (AvgIpc) is 2.72. The number of carbonyl (C=O) groups is 2. The highest BCUT2D eigenvalue weighted by atomic mass is 16.5. The summed E-state index contributed by atoms with van der Waals surface area (Å²) in [6.07, 6.45) is 1.55. The maximum atomic E-state index is 12.7. The molecule has 2 aliphatic heterocycles. The molecule has 3 heterocycles. The van der Waals surface area contributed by atoms with Crippen molar-refractivity contribution >= 4 is 11.8 Å². The van der Waals surface area contributed by atoms with Crippen molar-refractivity contribution in [2.75, 3.05) is 40.5 Å². The number of hydrogen-bond acceptors (Lipinski definition) is 5. The monoisotopic (exact) mass is 305 g/mol. The van der Waals surface area contributed by atoms with Gasteiger partial charge in [-0.3, -0.25) is 14.6 Å². The van der Waals surface area contributed by atoms with Gasteiger partial charge in [0.15, 0.2) is 0 Å². The Morgan fingerprint density at radius 2 is 2.23 bits per heavy atom. The number of aromatic nitrogens is 1. The van der Waals surface area contributed by atoms with Gasteiger partial charge in [-0.2, -0.15) is 0 Å². The Balaban J connectivity index is 1.85. The normalized spacial score (nSPS) is 24.9. The van der Waals surface area contributed by atoms with Crippen LogP contribution in [0.15, 0.2) is 18.3 Å². The molecule has 22 heavy (non-hydrogen) atoms. The molecule has 2 aliphatic rings. The number of pyridine rings is 1. The second-order valence-electron chi connectivity index (χ2n) is 5.63. The first-order valence-corrected chi connectivity index (χ1v) is 7.24. The van der Waals surface area contributed by atoms with Gasteiger partial charge in [0, 0.05) is 32.4 Å². The van der Waals surface area contributed by atoms with Gasteiger partial charge < -0.3 is 19.3 Å². The molecular formula is C15H19N3O4. The molecule has 0 saturated carbocycles. The Morgan fingerprint density at radius 1 is 1.41 bits per heavy atom. The molecule has 1 aromatic rings. The Morgan fingerprint density at radius 3 is 3.00 bits per heavy atom. The Hall–Kier alpha value is -2.15. The predicted molar refractivity (Wildman–Crippen MR) is 77.6 cm³/mol. The van der Waals surface area contributed by atoms with E-state index in [4.69, 9.17) is 9.47 Å². The van der Waals surface area contributed by atoms with Crippen LogP contribution in [0.25, 0.3) is 0 Å². The van der Waals surface area contributed by atoms with Gasteiger partial charge in [0.1, 0.15) is 11.4 Å². The molecular weight excluding hydrogens is 286 g/mol. The smallest absolute Gasteiger partial charge is 0.272 e. The largest absolute Gasteiger partial charge is 0.497 e. The van der Waals surface area contributed by atoms with Crippen LogP contribution in [0.4, 0.5) is 0 Å². The Kier molecular flexibility index (Phi) is 3.98. The highest BCUT2D eigenvalue weighted by molar-refractivity contribution is 5.93. The summed E-state index contributed by atoms with van der Waals surface area (Å²) in [5, 5.41) is 0. The fourth-order valence-corrected chi connectivity index (χ4v) is 2.88. The second-order valence-corrected chi connectivity index (χ2v) is 5.63. The summed E-state index contributed by atoms with van der Waals surface area (Å²) >= 11 is 0. The molecule has 0 spiro atoms. The number of rotatable bonds is 2. The maximum Gasteiger partial charge on any atom is 0.272 e. The van der Waals surface area contributed by atoms with Gasteiger partial charge in [0.05, 0.1) is 32.3 Å². The van der Waals surface area contributed by atoms with E-state index in [1.807, 2.05) is 0 Å². The van der Waals surface area contributed by atoms with Crippen molar-refractivity contribution in [1.82, 2.24) is 14.8 Å². The summed E-state index contributed by atoms with van der Waals surface area (Å²) in [6, 6.07) is 3.19. The van der Waals surface area contributed by atoms with Crippen molar-refractivity contribution in [3.8, 4) is 5.75 Å². The van der Waals surface area contributed by atoms with Crippen LogP contribution in [0.1, 0.15) is 10.5 Å². The molecule has 0 N–H and O–H groups in total. The molecule has 0 aliphatic carbocycles. The molecule has 0 radical (unpaired) electrons. The molecule has 2 atom stereocenters. The molecule has 0 unspecified atom stereocenters. The molecule has 3 rings (SSSR count). The zero-order valence-electron chi connectivity index (χ0n) is 12.7. The van der Waals surface area contributed by atoms with Crippen molar-refractivity contribution in [2.24, 2.45) is 5.92 Å². The minimum Gasteiger partial charge on any atom is -0.497 e. The molecule has 7 nitrogen and oxygen atoms in total. The van der Waals surface area contributed by atoms with E-state index in [1.165, 1.54) is 0 Å². The molecule has 0 aromatic carbocycles. The van der Waals surface area contributed by atoms with E-state index in [1.54, 1.807) is 42.3 Å². The summed E-state index contributed by atoms with van der Waals surface area (Å²) in [7, 11) is 3.32. The zero-order chi connectivity index (χ0) is 15.7. The van der Waals surface area contributed by atoms with Gasteiger partial charge in [0.25, 0.3) is 5.91 Å². The third kappa shape index (κ3) is 2.64. The highest BCUT2D eigenvalue weighted by Crippen LogP contribution is 2.21. The fourth-order valence-electron chi connectivity index (χ4n) is 2.88. The first kappa shape index (κ1) is 14.8. The first-order valence-electron chi connectivity index (χ1n) is 7.24. The minimum atomic E-state index is -0.313. The maximum absolute atomic E-state index is 12.7. The third-order valence-electron chi connectivity index (χ3n) is 4.22. The number of fused-ring (bicyclic) bond motifs is 3. The summed E-state index contributed by atoms with van der Waals surface area (Å²) in [6.45, 7) is 1.62. The van der Waals surface area contributed by atoms with E-state index in [9.17, 15) is 9.59 Å². The molecule has 2 saturated heterocycles. The topological polar surface area (TPSA) is 72.0 Å². The van der Waals surface area contributed by atoms with Crippen LogP contribution in [-0.2, 0) is 9.53 Å². The molecule has 1 aromatic heterocycles. The summed E-state index contributed by atoms with van der Waals surface area (Å²) in [5.74, 6) is 0.132. The summed E-state index contributed by atoms with van der Waals surface area (Å²) < 4.78 is 10.7. The number of nitrogens with zero attached hydrogens (tertiary/aromatic N) is 3. The van der Waals surface area contributed by atoms with E-state index < -0.39 is 0 Å². The van der Waals surface area contributed by atoms with Crippen LogP contribution in [-0.4, -0.2) is 73.1 Å². The van der Waals surface area contributed by atoms with Crippen LogP contribution in [0, 0.1) is 5.92 Å². The van der Waals surface area contributed by atoms with Crippen LogP contribution < -0.4 is 4.74 Å². The van der Waals surface area contributed by atoms with E-state index in [0.717, 1.165) is 0 Å². The number of likely N-dealkylation sites (N-methyl/N-ethyl adjacent to an activating group) is 1. The van der Waals surface area contributed by atoms with Crippen LogP contribution >= 0.6 is 0 Å². The Bertz CT molecular complexity index is 592. The van der Waals surface area contributed by atoms with E-state index in [-0.39, 0.29) is 23.8 Å². The number of amides is 2. The van der Waals surface area contributed by atoms with Gasteiger partial charge in [-0.15, -0.1) is 0 Å². The van der Waals surface area contributed by atoms with Crippen molar-refractivity contribution in [1.29, 1.82) is 0 Å². The lowest BCUT2D eigenvalue weighted by molar-refractivity contribution is -0.133. The van der Waals surface area contributed by atoms with E-state index >= 15 is 0 Å². The molecule has 2 amide bonds. The highest BCUT2D eigenvalue weighted by Gasteiger charge is 2.39. The first-order chi connectivity index (χ1) is 10.6. The van der Waals surface area contributed by atoms with E-state index in [2.05, 4.69) is 4.98 Å². The van der Waals surface area contributed by atoms with E-state index in [0.29, 0.717) is 37.7 Å². The number of hydrogen-bond donors (Lipinski definition) is 0. The summed E-state index contributed by atoms with van der Waals surface area (Å²) in [4.78, 5) is 32.5. The lowest BCUT2D eigenvalue weighted by atomic mass is 10.1. The molecule has 118 valence electrons. The minimum absolute atomic E-state index is 0.0383. The van der Waals surface area contributed by atoms with Crippen LogP contribution in [0.2, 0.25) is 0 Å². The fraction of sp³-hybridized carbons (Fsp3) is 0.533.